The number of anilines is 1. The minimum Gasteiger partial charge on any atom is -0.354 e. The third-order valence-electron chi connectivity index (χ3n) is 6.90. The lowest BCUT2D eigenvalue weighted by Gasteiger charge is -2.32. The van der Waals surface area contributed by atoms with E-state index in [0.717, 1.165) is 17.4 Å². The molecule has 3 aromatic rings. The SMILES string of the molecule is Cc1ccc(Cl)cc1N(CCCC(=O)N(Cc1ccc(Cl)cc1Cl)[C@@H](Cc1ccccc1)C(=O)NCC(C)C)S(C)(=O)=O. The molecule has 0 unspecified atom stereocenters. The second-order valence-corrected chi connectivity index (χ2v) is 14.2. The van der Waals surface area contributed by atoms with Crippen LogP contribution in [0.3, 0.4) is 0 Å². The minimum absolute atomic E-state index is 0.000404. The van der Waals surface area contributed by atoms with E-state index in [0.29, 0.717) is 39.3 Å². The summed E-state index contributed by atoms with van der Waals surface area (Å²) in [5.74, 6) is -0.362. The minimum atomic E-state index is -3.66. The van der Waals surface area contributed by atoms with Crippen LogP contribution in [0.5, 0.6) is 0 Å². The number of hydrogen-bond donors (Lipinski definition) is 1. The number of sulfonamides is 1. The topological polar surface area (TPSA) is 86.8 Å². The van der Waals surface area contributed by atoms with Gasteiger partial charge < -0.3 is 10.2 Å². The van der Waals surface area contributed by atoms with Crippen LogP contribution in [0.1, 0.15) is 43.4 Å². The molecule has 3 aromatic carbocycles. The highest BCUT2D eigenvalue weighted by atomic mass is 35.5. The van der Waals surface area contributed by atoms with Crippen LogP contribution in [0.4, 0.5) is 5.69 Å². The Morgan fingerprint density at radius 1 is 0.930 bits per heavy atom. The van der Waals surface area contributed by atoms with E-state index < -0.39 is 16.1 Å². The molecule has 0 saturated carbocycles. The van der Waals surface area contributed by atoms with Crippen molar-refractivity contribution in [3.05, 3.63) is 98.5 Å². The van der Waals surface area contributed by atoms with Crippen molar-refractivity contribution in [2.45, 2.75) is 52.6 Å². The van der Waals surface area contributed by atoms with Crippen molar-refractivity contribution >= 4 is 62.3 Å². The van der Waals surface area contributed by atoms with Gasteiger partial charge in [-0.3, -0.25) is 13.9 Å². The highest BCUT2D eigenvalue weighted by molar-refractivity contribution is 7.92. The zero-order valence-electron chi connectivity index (χ0n) is 24.8. The van der Waals surface area contributed by atoms with E-state index in [-0.39, 0.29) is 43.7 Å². The van der Waals surface area contributed by atoms with Crippen LogP contribution in [0.15, 0.2) is 66.7 Å². The monoisotopic (exact) mass is 665 g/mol. The second-order valence-electron chi connectivity index (χ2n) is 11.0. The number of carbonyl (C=O) groups excluding carboxylic acids is 2. The number of amides is 2. The van der Waals surface area contributed by atoms with Gasteiger partial charge in [-0.15, -0.1) is 0 Å². The average Bonchev–Trinajstić information content (AvgIpc) is 2.94. The zero-order chi connectivity index (χ0) is 31.7. The van der Waals surface area contributed by atoms with Gasteiger partial charge in [-0.25, -0.2) is 8.42 Å². The first-order valence-corrected chi connectivity index (χ1v) is 17.0. The Bertz CT molecular complexity index is 1520. The number of hydrogen-bond acceptors (Lipinski definition) is 4. The van der Waals surface area contributed by atoms with Gasteiger partial charge in [-0.05, 0) is 60.2 Å². The molecule has 0 radical (unpaired) electrons. The van der Waals surface area contributed by atoms with Gasteiger partial charge in [0.15, 0.2) is 0 Å². The maximum absolute atomic E-state index is 14.0. The number of rotatable bonds is 14. The van der Waals surface area contributed by atoms with Crippen molar-refractivity contribution in [3.8, 4) is 0 Å². The van der Waals surface area contributed by atoms with Gasteiger partial charge in [0.25, 0.3) is 0 Å². The van der Waals surface area contributed by atoms with Crippen molar-refractivity contribution in [1.82, 2.24) is 10.2 Å². The number of nitrogens with one attached hydrogen (secondary N) is 1. The molecule has 0 aliphatic rings. The fourth-order valence-electron chi connectivity index (χ4n) is 4.64. The Morgan fingerprint density at radius 2 is 1.58 bits per heavy atom. The van der Waals surface area contributed by atoms with Gasteiger partial charge in [-0.2, -0.15) is 0 Å². The molecule has 43 heavy (non-hydrogen) atoms. The van der Waals surface area contributed by atoms with E-state index in [1.54, 1.807) is 43.3 Å². The highest BCUT2D eigenvalue weighted by Crippen LogP contribution is 2.28. The Labute approximate surface area is 270 Å². The third kappa shape index (κ3) is 10.4. The summed E-state index contributed by atoms with van der Waals surface area (Å²) in [6.07, 6.45) is 1.63. The van der Waals surface area contributed by atoms with E-state index in [9.17, 15) is 18.0 Å². The Morgan fingerprint density at radius 3 is 2.21 bits per heavy atom. The zero-order valence-corrected chi connectivity index (χ0v) is 27.9. The van der Waals surface area contributed by atoms with Crippen LogP contribution in [0.25, 0.3) is 0 Å². The molecular formula is C32H38Cl3N3O4S. The molecule has 1 N–H and O–H groups in total. The van der Waals surface area contributed by atoms with Gasteiger partial charge in [0.2, 0.25) is 21.8 Å². The maximum Gasteiger partial charge on any atom is 0.243 e. The number of aryl methyl sites for hydroxylation is 1. The lowest BCUT2D eigenvalue weighted by atomic mass is 10.0. The van der Waals surface area contributed by atoms with Gasteiger partial charge in [0.1, 0.15) is 6.04 Å². The van der Waals surface area contributed by atoms with E-state index in [4.69, 9.17) is 34.8 Å². The van der Waals surface area contributed by atoms with E-state index in [1.165, 1.54) is 9.21 Å². The molecule has 0 aliphatic carbocycles. The summed E-state index contributed by atoms with van der Waals surface area (Å²) < 4.78 is 26.8. The molecule has 3 rings (SSSR count). The summed E-state index contributed by atoms with van der Waals surface area (Å²) in [5, 5.41) is 4.24. The van der Waals surface area contributed by atoms with Crippen LogP contribution in [0.2, 0.25) is 15.1 Å². The highest BCUT2D eigenvalue weighted by Gasteiger charge is 2.31. The first kappa shape index (κ1) is 34.7. The van der Waals surface area contributed by atoms with E-state index >= 15 is 0 Å². The lowest BCUT2D eigenvalue weighted by molar-refractivity contribution is -0.141. The molecule has 0 saturated heterocycles. The van der Waals surface area contributed by atoms with Crippen molar-refractivity contribution < 1.29 is 18.0 Å². The number of carbonyl (C=O) groups is 2. The molecule has 0 aromatic heterocycles. The van der Waals surface area contributed by atoms with Gasteiger partial charge in [0, 0.05) is 47.5 Å². The van der Waals surface area contributed by atoms with Crippen molar-refractivity contribution in [3.63, 3.8) is 0 Å². The molecule has 232 valence electrons. The number of nitrogens with zero attached hydrogens (tertiary/aromatic N) is 2. The molecule has 0 bridgehead atoms. The quantitative estimate of drug-likeness (QED) is 0.203. The van der Waals surface area contributed by atoms with Crippen LogP contribution < -0.4 is 9.62 Å². The molecule has 0 aliphatic heterocycles. The normalized spacial score (nSPS) is 12.2. The summed E-state index contributed by atoms with van der Waals surface area (Å²) in [7, 11) is -3.66. The first-order chi connectivity index (χ1) is 20.3. The summed E-state index contributed by atoms with van der Waals surface area (Å²) >= 11 is 18.8. The van der Waals surface area contributed by atoms with E-state index in [2.05, 4.69) is 5.32 Å². The van der Waals surface area contributed by atoms with Gasteiger partial charge in [-0.1, -0.05) is 91.1 Å². The standard InChI is InChI=1S/C32H38Cl3N3O4S/c1-22(2)20-36-32(40)30(17-24-9-6-5-7-10-24)37(21-25-13-15-26(33)18-28(25)35)31(39)11-8-16-38(43(4,41)42)29-19-27(34)14-12-23(29)3/h5-7,9-10,12-15,18-19,22,30H,8,11,16-17,20-21H2,1-4H3,(H,36,40)/t30-/m0/s1. The molecule has 11 heteroatoms. The van der Waals surface area contributed by atoms with Crippen molar-refractivity contribution in [2.75, 3.05) is 23.7 Å². The van der Waals surface area contributed by atoms with Crippen LogP contribution >= 0.6 is 34.8 Å². The second kappa shape index (κ2) is 15.8. The maximum atomic E-state index is 14.0. The largest absolute Gasteiger partial charge is 0.354 e. The fourth-order valence-corrected chi connectivity index (χ4v) is 6.29. The predicted molar refractivity (Wildman–Crippen MR) is 176 cm³/mol. The first-order valence-electron chi connectivity index (χ1n) is 14.0. The van der Waals surface area contributed by atoms with Crippen LogP contribution in [-0.2, 0) is 32.6 Å². The molecule has 1 atom stereocenters. The smallest absolute Gasteiger partial charge is 0.243 e. The number of benzene rings is 3. The molecule has 0 fully saturated rings. The summed E-state index contributed by atoms with van der Waals surface area (Å²) in [6, 6.07) is 18.7. The third-order valence-corrected chi connectivity index (χ3v) is 8.91. The number of halogens is 3. The van der Waals surface area contributed by atoms with Crippen LogP contribution in [0, 0.1) is 12.8 Å². The Balaban J connectivity index is 1.93. The predicted octanol–water partition coefficient (Wildman–Crippen LogP) is 6.91. The summed E-state index contributed by atoms with van der Waals surface area (Å²) in [6.45, 7) is 6.39. The van der Waals surface area contributed by atoms with Gasteiger partial charge >= 0.3 is 0 Å². The fraction of sp³-hybridized carbons (Fsp3) is 0.375. The molecule has 2 amide bonds. The molecule has 0 spiro atoms. The molecule has 0 heterocycles. The van der Waals surface area contributed by atoms with Gasteiger partial charge in [0.05, 0.1) is 11.9 Å². The average molecular weight is 667 g/mol. The lowest BCUT2D eigenvalue weighted by Crippen LogP contribution is -2.51. The van der Waals surface area contributed by atoms with E-state index in [1.807, 2.05) is 44.2 Å². The summed E-state index contributed by atoms with van der Waals surface area (Å²) in [4.78, 5) is 29.1. The molecular weight excluding hydrogens is 629 g/mol. The summed E-state index contributed by atoms with van der Waals surface area (Å²) in [5.41, 5.74) is 2.74. The Kier molecular flexibility index (Phi) is 12.8. The Hall–Kier alpha value is -2.78. The molecule has 7 nitrogen and oxygen atoms in total. The van der Waals surface area contributed by atoms with Crippen LogP contribution in [-0.4, -0.2) is 50.5 Å². The van der Waals surface area contributed by atoms with Crippen molar-refractivity contribution in [1.29, 1.82) is 0 Å². The van der Waals surface area contributed by atoms with Crippen molar-refractivity contribution in [2.24, 2.45) is 5.92 Å².